The van der Waals surface area contributed by atoms with Crippen molar-refractivity contribution >= 4 is 65.1 Å². The first-order valence-electron chi connectivity index (χ1n) is 29.1. The topological polar surface area (TPSA) is 306 Å². The van der Waals surface area contributed by atoms with Crippen LogP contribution in [-0.2, 0) is 72.0 Å². The van der Waals surface area contributed by atoms with Crippen LogP contribution >= 0.6 is 11.6 Å². The molecule has 0 heterocycles. The summed E-state index contributed by atoms with van der Waals surface area (Å²) in [5, 5.41) is 20.5. The molecular formula is C62H89ClN10O12. The number of hydrogen-bond acceptors (Lipinski definition) is 13. The third-order valence-electron chi connectivity index (χ3n) is 12.5. The van der Waals surface area contributed by atoms with Gasteiger partial charge in [-0.1, -0.05) is 95.9 Å². The van der Waals surface area contributed by atoms with Gasteiger partial charge in [-0.15, -0.1) is 0 Å². The monoisotopic (exact) mass is 1200 g/mol. The molecule has 3 aromatic carbocycles. The summed E-state index contributed by atoms with van der Waals surface area (Å²) in [6, 6.07) is 20.1. The lowest BCUT2D eigenvalue weighted by molar-refractivity contribution is -0.159. The lowest BCUT2D eigenvalue weighted by Gasteiger charge is -2.27. The zero-order valence-electron chi connectivity index (χ0n) is 50.9. The van der Waals surface area contributed by atoms with Crippen LogP contribution in [0.4, 0.5) is 4.79 Å². The highest BCUT2D eigenvalue weighted by Gasteiger charge is 2.32. The number of hydrogen-bond donors (Lipinski definition) is 6. The molecule has 7 amide bonds. The maximum atomic E-state index is 13.9. The molecule has 0 aliphatic rings. The van der Waals surface area contributed by atoms with E-state index < -0.39 is 82.6 Å². The third kappa shape index (κ3) is 32.2. The van der Waals surface area contributed by atoms with E-state index in [0.29, 0.717) is 56.6 Å². The molecule has 0 aliphatic heterocycles. The molecular weight excluding hydrogens is 1110 g/mol. The van der Waals surface area contributed by atoms with E-state index in [0.717, 1.165) is 16.7 Å². The predicted octanol–water partition coefficient (Wildman–Crippen LogP) is 8.41. The smallest absolute Gasteiger partial charge is 0.329 e. The van der Waals surface area contributed by atoms with Crippen molar-refractivity contribution in [2.24, 2.45) is 5.11 Å². The van der Waals surface area contributed by atoms with E-state index in [1.807, 2.05) is 72.8 Å². The van der Waals surface area contributed by atoms with Crippen LogP contribution in [-0.4, -0.2) is 126 Å². The standard InChI is InChI=1S/C62H89ClN10O12/c1-60(2,3)83-54(77)35-32-48(58(81)85-62(7,8)9)71-59(82)70-47(57(80)84-61(4,5)6)26-18-20-39-73(42-45-28-30-46(63)31-29-45)53(76)27-17-12-19-36-65-51(74)33-34-52(75)68-50(41-44-24-15-11-16-25-44)56(79)69-49(40-43-22-13-10-14-23-43)55(78)66-37-21-38-67-72-64/h10-11,13-16,22-25,28-31,47-50H,12,17-21,26-27,32-42H2,1-9H3,(H,65,74)(H,66,78)(H,68,75)(H,69,79)(H2,70,71,82)/t47-,48-,49-,50-/m0/s1. The molecule has 3 rings (SSSR count). The van der Waals surface area contributed by atoms with Gasteiger partial charge in [-0.3, -0.25) is 28.8 Å². The maximum Gasteiger partial charge on any atom is 0.329 e. The second kappa shape index (κ2) is 36.9. The minimum Gasteiger partial charge on any atom is -0.460 e. The molecule has 0 aromatic heterocycles. The molecule has 22 nitrogen and oxygen atoms in total. The van der Waals surface area contributed by atoms with Gasteiger partial charge >= 0.3 is 23.9 Å². The van der Waals surface area contributed by atoms with Crippen LogP contribution in [0.1, 0.15) is 156 Å². The lowest BCUT2D eigenvalue weighted by atomic mass is 10.0. The van der Waals surface area contributed by atoms with Gasteiger partial charge in [-0.25, -0.2) is 14.4 Å². The van der Waals surface area contributed by atoms with Crippen molar-refractivity contribution in [3.05, 3.63) is 117 Å². The Kier molecular flexibility index (Phi) is 31.0. The highest BCUT2D eigenvalue weighted by molar-refractivity contribution is 6.30. The van der Waals surface area contributed by atoms with Crippen LogP contribution in [0.25, 0.3) is 10.4 Å². The fraction of sp³-hybridized carbons (Fsp3) is 0.565. The number of unbranched alkanes of at least 4 members (excludes halogenated alkanes) is 3. The highest BCUT2D eigenvalue weighted by atomic mass is 35.5. The lowest BCUT2D eigenvalue weighted by Crippen LogP contribution is -2.55. The summed E-state index contributed by atoms with van der Waals surface area (Å²) in [5.74, 6) is -4.06. The van der Waals surface area contributed by atoms with Gasteiger partial charge in [-0.2, -0.15) is 0 Å². The van der Waals surface area contributed by atoms with Gasteiger partial charge in [0.15, 0.2) is 0 Å². The molecule has 23 heteroatoms. The highest BCUT2D eigenvalue weighted by Crippen LogP contribution is 2.18. The summed E-state index contributed by atoms with van der Waals surface area (Å²) in [7, 11) is 0. The minimum absolute atomic E-state index is 0.112. The summed E-state index contributed by atoms with van der Waals surface area (Å²) >= 11 is 6.17. The maximum absolute atomic E-state index is 13.9. The molecule has 0 saturated carbocycles. The van der Waals surface area contributed by atoms with Crippen LogP contribution in [0.15, 0.2) is 90.0 Å². The van der Waals surface area contributed by atoms with Crippen LogP contribution < -0.4 is 31.9 Å². The number of amides is 7. The van der Waals surface area contributed by atoms with Gasteiger partial charge < -0.3 is 51.0 Å². The number of azide groups is 1. The first-order valence-corrected chi connectivity index (χ1v) is 29.5. The number of esters is 3. The Morgan fingerprint density at radius 1 is 0.529 bits per heavy atom. The van der Waals surface area contributed by atoms with Crippen LogP contribution in [0, 0.1) is 0 Å². The largest absolute Gasteiger partial charge is 0.460 e. The zero-order chi connectivity index (χ0) is 63.0. The number of benzene rings is 3. The number of halogens is 1. The van der Waals surface area contributed by atoms with Gasteiger partial charge in [0.05, 0.1) is 0 Å². The number of carbonyl (C=O) groups is 9. The van der Waals surface area contributed by atoms with Gasteiger partial charge in [0.25, 0.3) is 0 Å². The Bertz CT molecular complexity index is 2670. The molecule has 0 saturated heterocycles. The molecule has 0 unspecified atom stereocenters. The summed E-state index contributed by atoms with van der Waals surface area (Å²) < 4.78 is 16.6. The van der Waals surface area contributed by atoms with E-state index in [1.54, 1.807) is 79.3 Å². The number of carbonyl (C=O) groups excluding carboxylic acids is 9. The first-order chi connectivity index (χ1) is 40.1. The number of ether oxygens (including phenoxy) is 3. The van der Waals surface area contributed by atoms with Crippen molar-refractivity contribution in [2.45, 2.75) is 200 Å². The second-order valence-electron chi connectivity index (χ2n) is 23.7. The molecule has 0 fully saturated rings. The summed E-state index contributed by atoms with van der Waals surface area (Å²) in [5.41, 5.74) is 8.46. The number of rotatable bonds is 35. The summed E-state index contributed by atoms with van der Waals surface area (Å²) in [6.45, 7) is 16.6. The number of nitrogens with zero attached hydrogens (tertiary/aromatic N) is 4. The van der Waals surface area contributed by atoms with E-state index >= 15 is 0 Å². The number of urea groups is 1. The molecule has 0 radical (unpaired) electrons. The summed E-state index contributed by atoms with van der Waals surface area (Å²) in [4.78, 5) is 125. The van der Waals surface area contributed by atoms with E-state index in [2.05, 4.69) is 41.9 Å². The van der Waals surface area contributed by atoms with E-state index in [4.69, 9.17) is 31.3 Å². The molecule has 0 spiro atoms. The van der Waals surface area contributed by atoms with Crippen LogP contribution in [0.3, 0.4) is 0 Å². The van der Waals surface area contributed by atoms with Crippen molar-refractivity contribution in [3.8, 4) is 0 Å². The Balaban J connectivity index is 1.57. The molecule has 0 bridgehead atoms. The van der Waals surface area contributed by atoms with Crippen molar-refractivity contribution in [2.75, 3.05) is 26.2 Å². The van der Waals surface area contributed by atoms with Gasteiger partial charge in [-0.05, 0) is 142 Å². The normalized spacial score (nSPS) is 12.8. The van der Waals surface area contributed by atoms with Crippen molar-refractivity contribution in [3.63, 3.8) is 0 Å². The van der Waals surface area contributed by atoms with Crippen molar-refractivity contribution < 1.29 is 57.4 Å². The molecule has 85 heavy (non-hydrogen) atoms. The van der Waals surface area contributed by atoms with E-state index in [9.17, 15) is 43.2 Å². The molecule has 0 aliphatic carbocycles. The van der Waals surface area contributed by atoms with Gasteiger partial charge in [0.1, 0.15) is 41.0 Å². The fourth-order valence-corrected chi connectivity index (χ4v) is 8.60. The average Bonchev–Trinajstić information content (AvgIpc) is 3.64. The average molecular weight is 1200 g/mol. The SMILES string of the molecule is CC(C)(C)OC(=O)CC[C@H](NC(=O)N[C@@H](CCCCN(Cc1ccc(Cl)cc1)C(=O)CCCCCNC(=O)CCC(=O)N[C@@H](Cc1ccccc1)C(=O)N[C@@H](Cc1ccccc1)C(=O)NCCCN=[N+]=[N-])C(=O)OC(C)(C)C)C(=O)OC(C)(C)C. The second-order valence-corrected chi connectivity index (χ2v) is 24.1. The summed E-state index contributed by atoms with van der Waals surface area (Å²) in [6.07, 6.45) is 2.89. The Morgan fingerprint density at radius 2 is 1.06 bits per heavy atom. The first kappa shape index (κ1) is 71.6. The third-order valence-corrected chi connectivity index (χ3v) is 12.7. The fourth-order valence-electron chi connectivity index (χ4n) is 8.48. The van der Waals surface area contributed by atoms with E-state index in [1.165, 1.54) is 0 Å². The van der Waals surface area contributed by atoms with Crippen molar-refractivity contribution in [1.82, 2.24) is 36.8 Å². The molecule has 3 aromatic rings. The van der Waals surface area contributed by atoms with Crippen LogP contribution in [0.5, 0.6) is 0 Å². The van der Waals surface area contributed by atoms with E-state index in [-0.39, 0.29) is 82.8 Å². The molecule has 6 N–H and O–H groups in total. The van der Waals surface area contributed by atoms with Gasteiger partial charge in [0.2, 0.25) is 29.5 Å². The molecule has 4 atom stereocenters. The minimum atomic E-state index is -1.25. The van der Waals surface area contributed by atoms with Crippen LogP contribution in [0.2, 0.25) is 5.02 Å². The zero-order valence-corrected chi connectivity index (χ0v) is 51.6. The predicted molar refractivity (Wildman–Crippen MR) is 323 cm³/mol. The molecule has 466 valence electrons. The Labute approximate surface area is 505 Å². The van der Waals surface area contributed by atoms with Gasteiger partial charge in [0, 0.05) is 81.2 Å². The Morgan fingerprint density at radius 3 is 1.61 bits per heavy atom. The quantitative estimate of drug-likeness (QED) is 0.00808. The van der Waals surface area contributed by atoms with Crippen molar-refractivity contribution in [1.29, 1.82) is 0 Å². The Hall–Kier alpha value is -7.71. The number of nitrogens with one attached hydrogen (secondary N) is 6.